The van der Waals surface area contributed by atoms with E-state index in [2.05, 4.69) is 4.98 Å². The summed E-state index contributed by atoms with van der Waals surface area (Å²) in [5.74, 6) is 0.280. The van der Waals surface area contributed by atoms with Crippen molar-refractivity contribution in [1.29, 1.82) is 0 Å². The van der Waals surface area contributed by atoms with Gasteiger partial charge in [0.15, 0.2) is 0 Å². The zero-order valence-electron chi connectivity index (χ0n) is 7.94. The first kappa shape index (κ1) is 8.75. The Bertz CT molecular complexity index is 434. The molecular formula is C12H11NO. The number of phenolic OH excluding ortho intramolecular Hbond substituents is 1. The van der Waals surface area contributed by atoms with Crippen LogP contribution in [0.5, 0.6) is 5.75 Å². The number of aryl methyl sites for hydroxylation is 1. The van der Waals surface area contributed by atoms with Gasteiger partial charge < -0.3 is 5.11 Å². The zero-order valence-corrected chi connectivity index (χ0v) is 7.94. The summed E-state index contributed by atoms with van der Waals surface area (Å²) in [4.78, 5) is 4.30. The van der Waals surface area contributed by atoms with E-state index in [0.717, 1.165) is 16.8 Å². The van der Waals surface area contributed by atoms with Gasteiger partial charge in [-0.05, 0) is 42.8 Å². The maximum Gasteiger partial charge on any atom is 0.115 e. The lowest BCUT2D eigenvalue weighted by atomic mass is 10.1. The van der Waals surface area contributed by atoms with E-state index in [0.29, 0.717) is 0 Å². The summed E-state index contributed by atoms with van der Waals surface area (Å²) in [6.45, 7) is 2.02. The van der Waals surface area contributed by atoms with Crippen LogP contribution in [-0.2, 0) is 0 Å². The molecule has 1 heterocycles. The van der Waals surface area contributed by atoms with Crippen molar-refractivity contribution in [2.75, 3.05) is 0 Å². The molecule has 0 bridgehead atoms. The molecule has 0 radical (unpaired) electrons. The lowest BCUT2D eigenvalue weighted by molar-refractivity contribution is 0.475. The van der Waals surface area contributed by atoms with Crippen molar-refractivity contribution >= 4 is 0 Å². The Balaban J connectivity index is 2.50. The SMILES string of the molecule is Cc1cccnc1-c1ccc(O)cc1. The molecule has 0 fully saturated rings. The Morgan fingerprint density at radius 1 is 1.07 bits per heavy atom. The van der Waals surface area contributed by atoms with Crippen LogP contribution in [0.4, 0.5) is 0 Å². The molecule has 0 amide bonds. The second kappa shape index (κ2) is 3.50. The Morgan fingerprint density at radius 2 is 1.79 bits per heavy atom. The predicted molar refractivity (Wildman–Crippen MR) is 56.1 cm³/mol. The third-order valence-electron chi connectivity index (χ3n) is 2.15. The molecule has 0 aliphatic rings. The average molecular weight is 185 g/mol. The van der Waals surface area contributed by atoms with Crippen LogP contribution in [-0.4, -0.2) is 10.1 Å². The highest BCUT2D eigenvalue weighted by molar-refractivity contribution is 5.63. The summed E-state index contributed by atoms with van der Waals surface area (Å²) in [6.07, 6.45) is 1.77. The fourth-order valence-corrected chi connectivity index (χ4v) is 1.41. The molecule has 2 aromatic rings. The smallest absolute Gasteiger partial charge is 0.115 e. The van der Waals surface area contributed by atoms with Crippen molar-refractivity contribution in [3.63, 3.8) is 0 Å². The van der Waals surface area contributed by atoms with Crippen LogP contribution >= 0.6 is 0 Å². The second-order valence-corrected chi connectivity index (χ2v) is 3.22. The first-order valence-electron chi connectivity index (χ1n) is 4.48. The van der Waals surface area contributed by atoms with Crippen molar-refractivity contribution in [2.24, 2.45) is 0 Å². The predicted octanol–water partition coefficient (Wildman–Crippen LogP) is 2.76. The molecule has 0 aliphatic carbocycles. The summed E-state index contributed by atoms with van der Waals surface area (Å²) in [7, 11) is 0. The molecule has 0 saturated heterocycles. The fourth-order valence-electron chi connectivity index (χ4n) is 1.41. The molecule has 0 spiro atoms. The van der Waals surface area contributed by atoms with Gasteiger partial charge in [0.05, 0.1) is 5.69 Å². The van der Waals surface area contributed by atoms with Gasteiger partial charge in [0.25, 0.3) is 0 Å². The minimum Gasteiger partial charge on any atom is -0.508 e. The van der Waals surface area contributed by atoms with Gasteiger partial charge in [-0.25, -0.2) is 0 Å². The molecule has 2 rings (SSSR count). The van der Waals surface area contributed by atoms with Crippen LogP contribution in [0.2, 0.25) is 0 Å². The minimum atomic E-state index is 0.280. The van der Waals surface area contributed by atoms with Gasteiger partial charge in [-0.15, -0.1) is 0 Å². The molecule has 1 aromatic carbocycles. The van der Waals surface area contributed by atoms with E-state index in [1.807, 2.05) is 31.2 Å². The van der Waals surface area contributed by atoms with Crippen molar-refractivity contribution in [3.05, 3.63) is 48.2 Å². The molecule has 0 atom stereocenters. The van der Waals surface area contributed by atoms with Crippen LogP contribution in [0.25, 0.3) is 11.3 Å². The van der Waals surface area contributed by atoms with Gasteiger partial charge in [-0.3, -0.25) is 4.98 Å². The van der Waals surface area contributed by atoms with E-state index in [1.54, 1.807) is 18.3 Å². The molecule has 0 unspecified atom stereocenters. The molecule has 14 heavy (non-hydrogen) atoms. The molecule has 2 heteroatoms. The highest BCUT2D eigenvalue weighted by Gasteiger charge is 2.01. The molecule has 0 aliphatic heterocycles. The van der Waals surface area contributed by atoms with Gasteiger partial charge in [0.2, 0.25) is 0 Å². The van der Waals surface area contributed by atoms with Crippen molar-refractivity contribution in [1.82, 2.24) is 4.98 Å². The topological polar surface area (TPSA) is 33.1 Å². The molecule has 0 saturated carbocycles. The third kappa shape index (κ3) is 1.59. The van der Waals surface area contributed by atoms with Gasteiger partial charge in [0.1, 0.15) is 5.75 Å². The number of aromatic nitrogens is 1. The number of benzene rings is 1. The average Bonchev–Trinajstić information content (AvgIpc) is 2.20. The largest absolute Gasteiger partial charge is 0.508 e. The maximum absolute atomic E-state index is 9.15. The van der Waals surface area contributed by atoms with E-state index in [1.165, 1.54) is 0 Å². The lowest BCUT2D eigenvalue weighted by Crippen LogP contribution is -1.86. The highest BCUT2D eigenvalue weighted by atomic mass is 16.3. The number of rotatable bonds is 1. The van der Waals surface area contributed by atoms with Crippen LogP contribution < -0.4 is 0 Å². The number of hydrogen-bond donors (Lipinski definition) is 1. The van der Waals surface area contributed by atoms with Gasteiger partial charge in [-0.1, -0.05) is 6.07 Å². The summed E-state index contributed by atoms with van der Waals surface area (Å²) in [6, 6.07) is 11.0. The molecule has 1 N–H and O–H groups in total. The van der Waals surface area contributed by atoms with Gasteiger partial charge in [-0.2, -0.15) is 0 Å². The minimum absolute atomic E-state index is 0.280. The summed E-state index contributed by atoms with van der Waals surface area (Å²) >= 11 is 0. The van der Waals surface area contributed by atoms with Crippen LogP contribution in [0, 0.1) is 6.92 Å². The first-order chi connectivity index (χ1) is 6.77. The first-order valence-corrected chi connectivity index (χ1v) is 4.48. The lowest BCUT2D eigenvalue weighted by Gasteiger charge is -2.03. The number of nitrogens with zero attached hydrogens (tertiary/aromatic N) is 1. The van der Waals surface area contributed by atoms with Crippen molar-refractivity contribution < 1.29 is 5.11 Å². The fraction of sp³-hybridized carbons (Fsp3) is 0.0833. The van der Waals surface area contributed by atoms with Crippen molar-refractivity contribution in [2.45, 2.75) is 6.92 Å². The highest BCUT2D eigenvalue weighted by Crippen LogP contribution is 2.22. The number of pyridine rings is 1. The Kier molecular flexibility index (Phi) is 2.19. The molecule has 2 nitrogen and oxygen atoms in total. The third-order valence-corrected chi connectivity index (χ3v) is 2.15. The van der Waals surface area contributed by atoms with E-state index in [9.17, 15) is 0 Å². The summed E-state index contributed by atoms with van der Waals surface area (Å²) in [5.41, 5.74) is 3.13. The monoisotopic (exact) mass is 185 g/mol. The maximum atomic E-state index is 9.15. The van der Waals surface area contributed by atoms with Crippen LogP contribution in [0.3, 0.4) is 0 Å². The number of phenols is 1. The number of hydrogen-bond acceptors (Lipinski definition) is 2. The Morgan fingerprint density at radius 3 is 2.43 bits per heavy atom. The Hall–Kier alpha value is -1.83. The van der Waals surface area contributed by atoms with E-state index in [4.69, 9.17) is 5.11 Å². The Labute approximate surface area is 82.9 Å². The summed E-state index contributed by atoms with van der Waals surface area (Å²) in [5, 5.41) is 9.15. The molecule has 1 aromatic heterocycles. The summed E-state index contributed by atoms with van der Waals surface area (Å²) < 4.78 is 0. The van der Waals surface area contributed by atoms with E-state index < -0.39 is 0 Å². The van der Waals surface area contributed by atoms with Crippen LogP contribution in [0.1, 0.15) is 5.56 Å². The van der Waals surface area contributed by atoms with Crippen LogP contribution in [0.15, 0.2) is 42.6 Å². The zero-order chi connectivity index (χ0) is 9.97. The molecule has 70 valence electrons. The van der Waals surface area contributed by atoms with Gasteiger partial charge >= 0.3 is 0 Å². The van der Waals surface area contributed by atoms with E-state index in [-0.39, 0.29) is 5.75 Å². The standard InChI is InChI=1S/C12H11NO/c1-9-3-2-8-13-12(9)10-4-6-11(14)7-5-10/h2-8,14H,1H3. The number of aromatic hydroxyl groups is 1. The normalized spacial score (nSPS) is 10.1. The molecular weight excluding hydrogens is 174 g/mol. The quantitative estimate of drug-likeness (QED) is 0.741. The second-order valence-electron chi connectivity index (χ2n) is 3.22. The van der Waals surface area contributed by atoms with E-state index >= 15 is 0 Å². The van der Waals surface area contributed by atoms with Crippen molar-refractivity contribution in [3.8, 4) is 17.0 Å². The van der Waals surface area contributed by atoms with Gasteiger partial charge in [0, 0.05) is 11.8 Å².